The van der Waals surface area contributed by atoms with Gasteiger partial charge in [0.05, 0.1) is 24.5 Å². The van der Waals surface area contributed by atoms with Crippen LogP contribution in [-0.2, 0) is 0 Å². The fraction of sp³-hybridized carbons (Fsp3) is 0.188. The third-order valence-electron chi connectivity index (χ3n) is 7.54. The van der Waals surface area contributed by atoms with Gasteiger partial charge < -0.3 is 19.8 Å². The second kappa shape index (κ2) is 10.1. The maximum Gasteiger partial charge on any atom is 0.138 e. The van der Waals surface area contributed by atoms with Crippen molar-refractivity contribution >= 4 is 21.8 Å². The van der Waals surface area contributed by atoms with Crippen LogP contribution in [0.4, 0.5) is 4.39 Å². The molecule has 1 aliphatic heterocycles. The molecule has 0 unspecified atom stereocenters. The standard InChI is InChI=1S/C32H28FN5O2/c1-39-24-12-20(11-22(33)15-24)26-3-2-4-29-27(26)16-31(36-29)32-28-14-19(5-6-30(28)37-38-32)21-13-25(18-35-17-21)40-23-7-9-34-10-8-23/h2-6,11-18,23,34,36H,7-10H2,1H3,(H,37,38). The van der Waals surface area contributed by atoms with Crippen molar-refractivity contribution in [2.75, 3.05) is 20.2 Å². The maximum absolute atomic E-state index is 14.3. The monoisotopic (exact) mass is 533 g/mol. The summed E-state index contributed by atoms with van der Waals surface area (Å²) >= 11 is 0. The molecule has 1 fully saturated rings. The number of hydrogen-bond acceptors (Lipinski definition) is 5. The molecule has 1 saturated heterocycles. The van der Waals surface area contributed by atoms with Gasteiger partial charge in [-0.15, -0.1) is 0 Å². The molecular weight excluding hydrogens is 505 g/mol. The highest BCUT2D eigenvalue weighted by atomic mass is 19.1. The van der Waals surface area contributed by atoms with Crippen LogP contribution in [0.5, 0.6) is 11.5 Å². The summed E-state index contributed by atoms with van der Waals surface area (Å²) in [5.74, 6) is 0.926. The molecule has 3 N–H and O–H groups in total. The Balaban J connectivity index is 1.26. The lowest BCUT2D eigenvalue weighted by Crippen LogP contribution is -2.34. The van der Waals surface area contributed by atoms with Crippen molar-refractivity contribution < 1.29 is 13.9 Å². The summed E-state index contributed by atoms with van der Waals surface area (Å²) in [5, 5.41) is 13.1. The average molecular weight is 534 g/mol. The molecule has 0 aliphatic carbocycles. The number of pyridine rings is 1. The van der Waals surface area contributed by atoms with E-state index in [0.717, 1.165) is 87.1 Å². The van der Waals surface area contributed by atoms with E-state index in [0.29, 0.717) is 5.75 Å². The van der Waals surface area contributed by atoms with Crippen LogP contribution >= 0.6 is 0 Å². The first-order valence-corrected chi connectivity index (χ1v) is 13.4. The summed E-state index contributed by atoms with van der Waals surface area (Å²) in [5.41, 5.74) is 7.23. The smallest absolute Gasteiger partial charge is 0.138 e. The second-order valence-electron chi connectivity index (χ2n) is 10.1. The number of fused-ring (bicyclic) bond motifs is 2. The first-order chi connectivity index (χ1) is 19.6. The lowest BCUT2D eigenvalue weighted by molar-refractivity contribution is 0.162. The Labute approximate surface area is 230 Å². The quantitative estimate of drug-likeness (QED) is 0.221. The number of halogens is 1. The van der Waals surface area contributed by atoms with E-state index in [1.807, 2.05) is 36.5 Å². The fourth-order valence-corrected chi connectivity index (χ4v) is 5.52. The summed E-state index contributed by atoms with van der Waals surface area (Å²) in [6.45, 7) is 1.95. The third kappa shape index (κ3) is 4.56. The molecule has 0 radical (unpaired) electrons. The summed E-state index contributed by atoms with van der Waals surface area (Å²) in [6.07, 6.45) is 5.84. The number of benzene rings is 3. The first-order valence-electron chi connectivity index (χ1n) is 13.4. The molecule has 0 spiro atoms. The molecule has 7 rings (SSSR count). The highest BCUT2D eigenvalue weighted by molar-refractivity contribution is 6.02. The Morgan fingerprint density at radius 3 is 2.58 bits per heavy atom. The fourth-order valence-electron chi connectivity index (χ4n) is 5.52. The van der Waals surface area contributed by atoms with Gasteiger partial charge in [-0.2, -0.15) is 5.10 Å². The molecule has 40 heavy (non-hydrogen) atoms. The third-order valence-corrected chi connectivity index (χ3v) is 7.54. The van der Waals surface area contributed by atoms with Crippen molar-refractivity contribution in [3.8, 4) is 45.1 Å². The van der Waals surface area contributed by atoms with Gasteiger partial charge in [-0.3, -0.25) is 10.1 Å². The topological polar surface area (TPSA) is 87.9 Å². The van der Waals surface area contributed by atoms with E-state index >= 15 is 0 Å². The van der Waals surface area contributed by atoms with Crippen molar-refractivity contribution in [2.45, 2.75) is 18.9 Å². The second-order valence-corrected chi connectivity index (χ2v) is 10.1. The highest BCUT2D eigenvalue weighted by Crippen LogP contribution is 2.36. The summed E-state index contributed by atoms with van der Waals surface area (Å²) < 4.78 is 25.8. The Morgan fingerprint density at radius 2 is 1.70 bits per heavy atom. The van der Waals surface area contributed by atoms with E-state index in [-0.39, 0.29) is 11.9 Å². The maximum atomic E-state index is 14.3. The van der Waals surface area contributed by atoms with Crippen molar-refractivity contribution in [3.63, 3.8) is 0 Å². The molecular formula is C32H28FN5O2. The number of ether oxygens (including phenoxy) is 2. The van der Waals surface area contributed by atoms with Crippen molar-refractivity contribution in [3.05, 3.63) is 84.9 Å². The molecule has 1 aliphatic rings. The predicted molar refractivity (Wildman–Crippen MR) is 155 cm³/mol. The van der Waals surface area contributed by atoms with E-state index in [1.165, 1.54) is 19.2 Å². The number of aromatic nitrogens is 4. The van der Waals surface area contributed by atoms with Crippen LogP contribution in [0.25, 0.3) is 55.4 Å². The molecule has 3 aromatic heterocycles. The zero-order valence-electron chi connectivity index (χ0n) is 22.0. The SMILES string of the molecule is COc1cc(F)cc(-c2cccc3[nH]c(-c4n[nH]c5ccc(-c6cncc(OC7CCNCC7)c6)cc45)cc23)c1. The lowest BCUT2D eigenvalue weighted by atomic mass is 10.0. The Kier molecular flexibility index (Phi) is 6.17. The van der Waals surface area contributed by atoms with Gasteiger partial charge in [0.15, 0.2) is 0 Å². The lowest BCUT2D eigenvalue weighted by Gasteiger charge is -2.23. The summed E-state index contributed by atoms with van der Waals surface area (Å²) in [6, 6.07) is 21.1. The zero-order chi connectivity index (χ0) is 27.1. The van der Waals surface area contributed by atoms with Crippen LogP contribution < -0.4 is 14.8 Å². The average Bonchev–Trinajstić information content (AvgIpc) is 3.61. The number of hydrogen-bond donors (Lipinski definition) is 3. The van der Waals surface area contributed by atoms with E-state index < -0.39 is 0 Å². The number of nitrogens with one attached hydrogen (secondary N) is 3. The van der Waals surface area contributed by atoms with Crippen LogP contribution in [0.15, 0.2) is 79.1 Å². The van der Waals surface area contributed by atoms with E-state index in [2.05, 4.69) is 49.7 Å². The van der Waals surface area contributed by atoms with Gasteiger partial charge in [0.25, 0.3) is 0 Å². The van der Waals surface area contributed by atoms with Gasteiger partial charge in [0, 0.05) is 34.1 Å². The van der Waals surface area contributed by atoms with Crippen LogP contribution in [0.1, 0.15) is 12.8 Å². The largest absolute Gasteiger partial charge is 0.497 e. The molecule has 0 atom stereocenters. The number of nitrogens with zero attached hydrogens (tertiary/aromatic N) is 2. The van der Waals surface area contributed by atoms with Crippen LogP contribution in [0.2, 0.25) is 0 Å². The summed E-state index contributed by atoms with van der Waals surface area (Å²) in [7, 11) is 1.54. The van der Waals surface area contributed by atoms with E-state index in [1.54, 1.807) is 6.20 Å². The normalized spacial score (nSPS) is 14.2. The molecule has 6 aromatic rings. The minimum absolute atomic E-state index is 0.210. The van der Waals surface area contributed by atoms with Gasteiger partial charge in [-0.1, -0.05) is 18.2 Å². The minimum Gasteiger partial charge on any atom is -0.497 e. The van der Waals surface area contributed by atoms with Gasteiger partial charge in [-0.05, 0) is 85.1 Å². The molecule has 7 nitrogen and oxygen atoms in total. The summed E-state index contributed by atoms with van der Waals surface area (Å²) in [4.78, 5) is 7.97. The van der Waals surface area contributed by atoms with Crippen molar-refractivity contribution in [2.24, 2.45) is 0 Å². The highest BCUT2D eigenvalue weighted by Gasteiger charge is 2.17. The number of H-pyrrole nitrogens is 2. The number of rotatable bonds is 6. The molecule has 0 amide bonds. The van der Waals surface area contributed by atoms with Gasteiger partial charge in [0.1, 0.15) is 29.1 Å². The number of piperidine rings is 1. The van der Waals surface area contributed by atoms with Gasteiger partial charge >= 0.3 is 0 Å². The first kappa shape index (κ1) is 24.4. The Bertz CT molecular complexity index is 1840. The zero-order valence-corrected chi connectivity index (χ0v) is 22.0. The predicted octanol–water partition coefficient (Wildman–Crippen LogP) is 6.72. The number of methoxy groups -OCH3 is 1. The number of aromatic amines is 2. The van der Waals surface area contributed by atoms with Gasteiger partial charge in [-0.25, -0.2) is 4.39 Å². The molecule has 8 heteroatoms. The molecule has 200 valence electrons. The van der Waals surface area contributed by atoms with Crippen molar-refractivity contribution in [1.82, 2.24) is 25.5 Å². The van der Waals surface area contributed by atoms with Crippen LogP contribution in [-0.4, -0.2) is 46.5 Å². The van der Waals surface area contributed by atoms with Crippen LogP contribution in [0, 0.1) is 5.82 Å². The Hall–Kier alpha value is -4.69. The minimum atomic E-state index is -0.340. The van der Waals surface area contributed by atoms with Gasteiger partial charge in [0.2, 0.25) is 0 Å². The molecule has 0 bridgehead atoms. The molecule has 0 saturated carbocycles. The van der Waals surface area contributed by atoms with E-state index in [9.17, 15) is 4.39 Å². The van der Waals surface area contributed by atoms with E-state index in [4.69, 9.17) is 9.47 Å². The van der Waals surface area contributed by atoms with Crippen LogP contribution in [0.3, 0.4) is 0 Å². The molecule has 4 heterocycles. The molecule has 3 aromatic carbocycles. The van der Waals surface area contributed by atoms with Crippen molar-refractivity contribution in [1.29, 1.82) is 0 Å². The Morgan fingerprint density at radius 1 is 0.825 bits per heavy atom.